The second kappa shape index (κ2) is 6.60. The van der Waals surface area contributed by atoms with Gasteiger partial charge in [0.1, 0.15) is 16.7 Å². The minimum atomic E-state index is -0.537. The summed E-state index contributed by atoms with van der Waals surface area (Å²) in [4.78, 5) is 18.3. The Morgan fingerprint density at radius 3 is 2.74 bits per heavy atom. The van der Waals surface area contributed by atoms with E-state index in [-0.39, 0.29) is 5.56 Å². The molecule has 0 aliphatic rings. The molecule has 0 unspecified atom stereocenters. The number of hydrogen-bond donors (Lipinski definition) is 2. The van der Waals surface area contributed by atoms with E-state index in [0.717, 1.165) is 0 Å². The van der Waals surface area contributed by atoms with Crippen LogP contribution in [0.25, 0.3) is 11.3 Å². The molecular weight excluding hydrogens is 338 g/mol. The maximum atomic E-state index is 11.8. The molecule has 0 spiro atoms. The molecule has 8 nitrogen and oxygen atoms in total. The molecule has 0 amide bonds. The van der Waals surface area contributed by atoms with Gasteiger partial charge in [0.2, 0.25) is 0 Å². The van der Waals surface area contributed by atoms with Gasteiger partial charge in [0, 0.05) is 5.02 Å². The summed E-state index contributed by atoms with van der Waals surface area (Å²) in [6, 6.07) is 8.90. The molecule has 23 heavy (non-hydrogen) atoms. The average Bonchev–Trinajstić information content (AvgIpc) is 3.06. The summed E-state index contributed by atoms with van der Waals surface area (Å²) < 4.78 is 0. The van der Waals surface area contributed by atoms with Gasteiger partial charge in [-0.15, -0.1) is 10.2 Å². The summed E-state index contributed by atoms with van der Waals surface area (Å²) in [5, 5.41) is 23.8. The molecular formula is C13H8ClN7OS. The molecule has 0 saturated carbocycles. The van der Waals surface area contributed by atoms with Crippen LogP contribution in [0.3, 0.4) is 0 Å². The van der Waals surface area contributed by atoms with E-state index in [1.807, 2.05) is 0 Å². The fourth-order valence-corrected chi connectivity index (χ4v) is 2.82. The summed E-state index contributed by atoms with van der Waals surface area (Å²) in [5.41, 5.74) is 0.816. The van der Waals surface area contributed by atoms with Crippen LogP contribution in [0, 0.1) is 11.3 Å². The Labute approximate surface area is 138 Å². The van der Waals surface area contributed by atoms with Crippen molar-refractivity contribution in [1.82, 2.24) is 30.6 Å². The molecule has 2 heterocycles. The van der Waals surface area contributed by atoms with Crippen molar-refractivity contribution in [3.05, 3.63) is 51.2 Å². The number of tetrazole rings is 1. The van der Waals surface area contributed by atoms with Gasteiger partial charge in [-0.1, -0.05) is 40.7 Å². The normalized spacial score (nSPS) is 10.4. The van der Waals surface area contributed by atoms with Gasteiger partial charge in [-0.05, 0) is 17.7 Å². The van der Waals surface area contributed by atoms with Crippen LogP contribution < -0.4 is 5.69 Å². The third-order valence-corrected chi connectivity index (χ3v) is 4.09. The van der Waals surface area contributed by atoms with Crippen molar-refractivity contribution in [1.29, 1.82) is 5.26 Å². The predicted octanol–water partition coefficient (Wildman–Crippen LogP) is 1.77. The van der Waals surface area contributed by atoms with Crippen molar-refractivity contribution in [2.24, 2.45) is 0 Å². The molecule has 3 rings (SSSR count). The van der Waals surface area contributed by atoms with Gasteiger partial charge in [-0.25, -0.2) is 4.79 Å². The smallest absolute Gasteiger partial charge is 0.304 e. The Morgan fingerprint density at radius 2 is 2.09 bits per heavy atom. The molecule has 0 atom stereocenters. The van der Waals surface area contributed by atoms with Crippen LogP contribution in [0.2, 0.25) is 5.02 Å². The predicted molar refractivity (Wildman–Crippen MR) is 83.8 cm³/mol. The van der Waals surface area contributed by atoms with E-state index >= 15 is 0 Å². The first-order chi connectivity index (χ1) is 11.2. The summed E-state index contributed by atoms with van der Waals surface area (Å²) in [5.74, 6) is 0.788. The summed E-state index contributed by atoms with van der Waals surface area (Å²) in [7, 11) is 0. The van der Waals surface area contributed by atoms with E-state index in [9.17, 15) is 10.1 Å². The highest BCUT2D eigenvalue weighted by atomic mass is 35.5. The quantitative estimate of drug-likeness (QED) is 0.545. The molecule has 0 bridgehead atoms. The largest absolute Gasteiger partial charge is 0.346 e. The van der Waals surface area contributed by atoms with Gasteiger partial charge in [0.25, 0.3) is 0 Å². The van der Waals surface area contributed by atoms with Crippen LogP contribution in [0.15, 0.2) is 34.1 Å². The fraction of sp³-hybridized carbons (Fsp3) is 0.0769. The van der Waals surface area contributed by atoms with Gasteiger partial charge < -0.3 is 4.98 Å². The van der Waals surface area contributed by atoms with Crippen LogP contribution in [0.4, 0.5) is 0 Å². The summed E-state index contributed by atoms with van der Waals surface area (Å²) in [6.45, 7) is 0. The lowest BCUT2D eigenvalue weighted by molar-refractivity contribution is 0.881. The van der Waals surface area contributed by atoms with Crippen LogP contribution >= 0.6 is 23.4 Å². The van der Waals surface area contributed by atoms with Crippen LogP contribution in [-0.4, -0.2) is 30.6 Å². The third-order valence-electron chi connectivity index (χ3n) is 2.87. The van der Waals surface area contributed by atoms with Crippen molar-refractivity contribution in [3.8, 4) is 17.3 Å². The maximum Gasteiger partial charge on any atom is 0.346 e. The van der Waals surface area contributed by atoms with Crippen molar-refractivity contribution < 1.29 is 0 Å². The Morgan fingerprint density at radius 1 is 1.30 bits per heavy atom. The first-order valence-electron chi connectivity index (χ1n) is 6.33. The Hall–Kier alpha value is -2.70. The molecule has 0 fully saturated rings. The maximum absolute atomic E-state index is 11.8. The van der Waals surface area contributed by atoms with Crippen molar-refractivity contribution in [2.75, 3.05) is 0 Å². The third kappa shape index (κ3) is 3.39. The number of aromatic nitrogens is 6. The lowest BCUT2D eigenvalue weighted by atomic mass is 10.1. The number of hydrogen-bond acceptors (Lipinski definition) is 7. The molecule has 0 aliphatic carbocycles. The molecule has 3 aromatic rings. The lowest BCUT2D eigenvalue weighted by Gasteiger charge is -2.07. The van der Waals surface area contributed by atoms with Crippen molar-refractivity contribution in [3.63, 3.8) is 0 Å². The molecule has 0 saturated heterocycles. The molecule has 10 heteroatoms. The Balaban J connectivity index is 2.01. The highest BCUT2D eigenvalue weighted by molar-refractivity contribution is 7.98. The second-order valence-electron chi connectivity index (χ2n) is 4.33. The van der Waals surface area contributed by atoms with E-state index in [0.29, 0.717) is 32.9 Å². The van der Waals surface area contributed by atoms with Gasteiger partial charge in [-0.3, -0.25) is 0 Å². The number of H-pyrrole nitrogens is 2. The monoisotopic (exact) mass is 345 g/mol. The van der Waals surface area contributed by atoms with Gasteiger partial charge >= 0.3 is 5.69 Å². The molecule has 0 radical (unpaired) electrons. The fourth-order valence-electron chi connectivity index (χ4n) is 1.87. The lowest BCUT2D eigenvalue weighted by Crippen LogP contribution is -2.14. The number of thioether (sulfide) groups is 1. The van der Waals surface area contributed by atoms with E-state index in [2.05, 4.69) is 36.7 Å². The zero-order valence-corrected chi connectivity index (χ0v) is 13.0. The molecule has 1 aromatic carbocycles. The Kier molecular flexibility index (Phi) is 4.36. The first-order valence-corrected chi connectivity index (χ1v) is 7.69. The summed E-state index contributed by atoms with van der Waals surface area (Å²) in [6.07, 6.45) is 0. The SMILES string of the molecule is N#Cc1c(SCc2nn[nH]n2)nc(=O)[nH]c1-c1ccc(Cl)cc1. The zero-order valence-electron chi connectivity index (χ0n) is 11.4. The number of halogens is 1. The van der Waals surface area contributed by atoms with E-state index in [4.69, 9.17) is 11.6 Å². The van der Waals surface area contributed by atoms with Crippen LogP contribution in [0.5, 0.6) is 0 Å². The molecule has 114 valence electrons. The zero-order chi connectivity index (χ0) is 16.2. The minimum absolute atomic E-state index is 0.278. The standard InChI is InChI=1S/C13H8ClN7OS/c14-8-3-1-7(2-4-8)11-9(5-15)12(17-13(22)16-11)23-6-10-18-20-21-19-10/h1-4H,6H2,(H,16,17,22)(H,18,19,20,21). The van der Waals surface area contributed by atoms with E-state index < -0.39 is 5.69 Å². The number of benzene rings is 1. The minimum Gasteiger partial charge on any atom is -0.304 e. The topological polar surface area (TPSA) is 124 Å². The number of nitrogens with zero attached hydrogens (tertiary/aromatic N) is 5. The number of aromatic amines is 2. The average molecular weight is 346 g/mol. The highest BCUT2D eigenvalue weighted by Gasteiger charge is 2.15. The molecule has 2 aromatic heterocycles. The second-order valence-corrected chi connectivity index (χ2v) is 5.73. The number of rotatable bonds is 4. The molecule has 0 aliphatic heterocycles. The van der Waals surface area contributed by atoms with E-state index in [1.54, 1.807) is 24.3 Å². The van der Waals surface area contributed by atoms with Gasteiger partial charge in [0.05, 0.1) is 11.4 Å². The van der Waals surface area contributed by atoms with Crippen LogP contribution in [0.1, 0.15) is 11.4 Å². The van der Waals surface area contributed by atoms with E-state index in [1.165, 1.54) is 11.8 Å². The summed E-state index contributed by atoms with van der Waals surface area (Å²) >= 11 is 7.06. The first kappa shape index (κ1) is 15.2. The van der Waals surface area contributed by atoms with Gasteiger partial charge in [0.15, 0.2) is 5.82 Å². The van der Waals surface area contributed by atoms with Gasteiger partial charge in [-0.2, -0.15) is 15.5 Å². The van der Waals surface area contributed by atoms with Crippen molar-refractivity contribution in [2.45, 2.75) is 10.8 Å². The number of nitrogens with one attached hydrogen (secondary N) is 2. The van der Waals surface area contributed by atoms with Crippen LogP contribution in [-0.2, 0) is 5.75 Å². The van der Waals surface area contributed by atoms with Crippen molar-refractivity contribution >= 4 is 23.4 Å². The Bertz CT molecular complexity index is 915. The highest BCUT2D eigenvalue weighted by Crippen LogP contribution is 2.28. The molecule has 2 N–H and O–H groups in total. The number of nitriles is 1.